The number of benzene rings is 1. The molecule has 0 spiro atoms. The van der Waals surface area contributed by atoms with Gasteiger partial charge in [0.15, 0.2) is 0 Å². The van der Waals surface area contributed by atoms with Crippen LogP contribution >= 0.6 is 0 Å². The van der Waals surface area contributed by atoms with E-state index in [0.717, 1.165) is 29.2 Å². The molecular formula is C19H22F3N3O2. The summed E-state index contributed by atoms with van der Waals surface area (Å²) in [5.41, 5.74) is 0.907. The van der Waals surface area contributed by atoms with E-state index in [1.807, 2.05) is 13.8 Å². The highest BCUT2D eigenvalue weighted by Gasteiger charge is 2.33. The minimum Gasteiger partial charge on any atom is -0.465 e. The van der Waals surface area contributed by atoms with Crippen molar-refractivity contribution >= 4 is 6.09 Å². The monoisotopic (exact) mass is 381 g/mol. The number of rotatable bonds is 4. The number of aryl methyl sites for hydroxylation is 1. The summed E-state index contributed by atoms with van der Waals surface area (Å²) in [6.45, 7) is 5.01. The van der Waals surface area contributed by atoms with Crippen LogP contribution in [-0.2, 0) is 19.1 Å². The van der Waals surface area contributed by atoms with Gasteiger partial charge >= 0.3 is 12.3 Å². The van der Waals surface area contributed by atoms with Gasteiger partial charge in [0, 0.05) is 19.0 Å². The highest BCUT2D eigenvalue weighted by molar-refractivity contribution is 5.66. The van der Waals surface area contributed by atoms with Crippen molar-refractivity contribution in [1.82, 2.24) is 14.5 Å². The van der Waals surface area contributed by atoms with Crippen LogP contribution in [-0.4, -0.2) is 32.2 Å². The molecule has 1 unspecified atom stereocenters. The van der Waals surface area contributed by atoms with Gasteiger partial charge in [0.2, 0.25) is 0 Å². The SMILES string of the molecule is CC(C)c1ncc2n1CCN(C(=O)O)C2CCc1ccc(C(F)(F)F)cc1. The van der Waals surface area contributed by atoms with E-state index in [4.69, 9.17) is 0 Å². The lowest BCUT2D eigenvalue weighted by atomic mass is 9.99. The van der Waals surface area contributed by atoms with Crippen LogP contribution in [0.25, 0.3) is 0 Å². The lowest BCUT2D eigenvalue weighted by Gasteiger charge is -2.35. The van der Waals surface area contributed by atoms with Crippen LogP contribution in [0.1, 0.15) is 54.9 Å². The van der Waals surface area contributed by atoms with Gasteiger partial charge in [0.25, 0.3) is 0 Å². The van der Waals surface area contributed by atoms with E-state index < -0.39 is 17.8 Å². The summed E-state index contributed by atoms with van der Waals surface area (Å²) in [5, 5.41) is 9.54. The molecule has 27 heavy (non-hydrogen) atoms. The fourth-order valence-electron chi connectivity index (χ4n) is 3.59. The third kappa shape index (κ3) is 3.94. The fourth-order valence-corrected chi connectivity index (χ4v) is 3.59. The molecule has 1 N–H and O–H groups in total. The molecule has 0 saturated heterocycles. The highest BCUT2D eigenvalue weighted by atomic mass is 19.4. The van der Waals surface area contributed by atoms with Crippen LogP contribution in [0.15, 0.2) is 30.5 Å². The smallest absolute Gasteiger partial charge is 0.416 e. The number of amides is 1. The molecule has 1 amide bonds. The lowest BCUT2D eigenvalue weighted by Crippen LogP contribution is -2.41. The fraction of sp³-hybridized carbons (Fsp3) is 0.474. The van der Waals surface area contributed by atoms with E-state index in [1.165, 1.54) is 17.0 Å². The molecule has 146 valence electrons. The number of carboxylic acid groups (broad SMARTS) is 1. The summed E-state index contributed by atoms with van der Waals surface area (Å²) in [5.74, 6) is 1.15. The van der Waals surface area contributed by atoms with Gasteiger partial charge in [-0.3, -0.25) is 4.90 Å². The van der Waals surface area contributed by atoms with Gasteiger partial charge in [0.05, 0.1) is 23.5 Å². The van der Waals surface area contributed by atoms with Gasteiger partial charge in [-0.05, 0) is 30.5 Å². The minimum absolute atomic E-state index is 0.227. The van der Waals surface area contributed by atoms with E-state index in [9.17, 15) is 23.1 Å². The first-order valence-electron chi connectivity index (χ1n) is 8.89. The second-order valence-electron chi connectivity index (χ2n) is 7.07. The molecule has 0 fully saturated rings. The van der Waals surface area contributed by atoms with Crippen LogP contribution in [0.4, 0.5) is 18.0 Å². The van der Waals surface area contributed by atoms with E-state index in [-0.39, 0.29) is 12.0 Å². The van der Waals surface area contributed by atoms with Crippen LogP contribution in [0.3, 0.4) is 0 Å². The van der Waals surface area contributed by atoms with E-state index in [2.05, 4.69) is 9.55 Å². The van der Waals surface area contributed by atoms with Crippen LogP contribution in [0, 0.1) is 0 Å². The van der Waals surface area contributed by atoms with Crippen molar-refractivity contribution in [3.8, 4) is 0 Å². The zero-order valence-electron chi connectivity index (χ0n) is 15.2. The third-order valence-electron chi connectivity index (χ3n) is 4.95. The number of alkyl halides is 3. The van der Waals surface area contributed by atoms with Gasteiger partial charge in [0.1, 0.15) is 5.82 Å². The molecule has 1 aliphatic heterocycles. The maximum Gasteiger partial charge on any atom is 0.416 e. The predicted molar refractivity (Wildman–Crippen MR) is 93.6 cm³/mol. The molecule has 5 nitrogen and oxygen atoms in total. The summed E-state index contributed by atoms with van der Waals surface area (Å²) >= 11 is 0. The Morgan fingerprint density at radius 2 is 1.93 bits per heavy atom. The van der Waals surface area contributed by atoms with Crippen molar-refractivity contribution in [2.75, 3.05) is 6.54 Å². The first kappa shape index (κ1) is 19.3. The molecule has 8 heteroatoms. The zero-order valence-corrected chi connectivity index (χ0v) is 15.2. The number of aromatic nitrogens is 2. The maximum atomic E-state index is 12.7. The molecule has 1 aromatic carbocycles. The Hall–Kier alpha value is -2.51. The summed E-state index contributed by atoms with van der Waals surface area (Å²) in [7, 11) is 0. The summed E-state index contributed by atoms with van der Waals surface area (Å²) < 4.78 is 40.1. The Morgan fingerprint density at radius 3 is 2.48 bits per heavy atom. The van der Waals surface area contributed by atoms with Crippen molar-refractivity contribution in [2.24, 2.45) is 0 Å². The maximum absolute atomic E-state index is 12.7. The number of hydrogen-bond acceptors (Lipinski definition) is 2. The van der Waals surface area contributed by atoms with Crippen molar-refractivity contribution in [2.45, 2.75) is 51.4 Å². The van der Waals surface area contributed by atoms with Gasteiger partial charge in [-0.15, -0.1) is 0 Å². The van der Waals surface area contributed by atoms with E-state index in [1.54, 1.807) is 6.20 Å². The van der Waals surface area contributed by atoms with Crippen molar-refractivity contribution < 1.29 is 23.1 Å². The highest BCUT2D eigenvalue weighted by Crippen LogP contribution is 2.33. The summed E-state index contributed by atoms with van der Waals surface area (Å²) in [4.78, 5) is 17.5. The second-order valence-corrected chi connectivity index (χ2v) is 7.07. The van der Waals surface area contributed by atoms with Gasteiger partial charge in [-0.25, -0.2) is 9.78 Å². The number of carbonyl (C=O) groups is 1. The molecule has 2 aromatic rings. The second kappa shape index (κ2) is 7.25. The van der Waals surface area contributed by atoms with Crippen molar-refractivity contribution in [1.29, 1.82) is 0 Å². The van der Waals surface area contributed by atoms with Crippen molar-refractivity contribution in [3.63, 3.8) is 0 Å². The zero-order chi connectivity index (χ0) is 19.8. The van der Waals surface area contributed by atoms with Gasteiger partial charge in [-0.1, -0.05) is 26.0 Å². The quantitative estimate of drug-likeness (QED) is 0.836. The normalized spacial score (nSPS) is 17.3. The molecule has 1 aliphatic rings. The number of nitrogens with zero attached hydrogens (tertiary/aromatic N) is 3. The summed E-state index contributed by atoms with van der Waals surface area (Å²) in [6, 6.07) is 4.67. The van der Waals surface area contributed by atoms with Crippen LogP contribution in [0.5, 0.6) is 0 Å². The van der Waals surface area contributed by atoms with Gasteiger partial charge < -0.3 is 9.67 Å². The molecule has 3 rings (SSSR count). The van der Waals surface area contributed by atoms with Crippen molar-refractivity contribution in [3.05, 3.63) is 53.1 Å². The standard InChI is InChI=1S/C19H22F3N3O2/c1-12(2)17-23-11-16-15(25(18(26)27)10-9-24(16)17)8-5-13-3-6-14(7-4-13)19(20,21)22/h3-4,6-7,11-12,15H,5,8-10H2,1-2H3,(H,26,27). The topological polar surface area (TPSA) is 58.4 Å². The Bertz CT molecular complexity index is 813. The molecule has 0 saturated carbocycles. The Labute approximate surface area is 155 Å². The third-order valence-corrected chi connectivity index (χ3v) is 4.95. The Balaban J connectivity index is 1.80. The summed E-state index contributed by atoms with van der Waals surface area (Å²) in [6.07, 6.45) is -2.66. The molecule has 1 aromatic heterocycles. The molecule has 0 radical (unpaired) electrons. The number of hydrogen-bond donors (Lipinski definition) is 1. The average Bonchev–Trinajstić information content (AvgIpc) is 3.03. The first-order chi connectivity index (χ1) is 12.7. The molecule has 1 atom stereocenters. The number of halogens is 3. The molecule has 0 aliphatic carbocycles. The number of imidazole rings is 1. The average molecular weight is 381 g/mol. The first-order valence-corrected chi connectivity index (χ1v) is 8.89. The van der Waals surface area contributed by atoms with E-state index >= 15 is 0 Å². The Morgan fingerprint density at radius 1 is 1.26 bits per heavy atom. The van der Waals surface area contributed by atoms with Gasteiger partial charge in [-0.2, -0.15) is 13.2 Å². The molecule has 2 heterocycles. The largest absolute Gasteiger partial charge is 0.465 e. The molecule has 0 bridgehead atoms. The Kier molecular flexibility index (Phi) is 5.17. The van der Waals surface area contributed by atoms with Crippen LogP contribution < -0.4 is 0 Å². The molecular weight excluding hydrogens is 359 g/mol. The van der Waals surface area contributed by atoms with Crippen LogP contribution in [0.2, 0.25) is 0 Å². The number of fused-ring (bicyclic) bond motifs is 1. The van der Waals surface area contributed by atoms with E-state index in [0.29, 0.717) is 25.9 Å². The minimum atomic E-state index is -4.36. The predicted octanol–water partition coefficient (Wildman–Crippen LogP) is 4.69. The lowest BCUT2D eigenvalue weighted by molar-refractivity contribution is -0.137.